The maximum absolute atomic E-state index is 13.9. The van der Waals surface area contributed by atoms with Gasteiger partial charge in [-0.1, -0.05) is 38.5 Å². The van der Waals surface area contributed by atoms with Crippen LogP contribution in [0.5, 0.6) is 0 Å². The van der Waals surface area contributed by atoms with E-state index in [1.54, 1.807) is 6.07 Å². The molecule has 1 fully saturated rings. The number of halogens is 3. The number of Topliss-reactive ketones (excluding diaryl/α,β-unsaturated/α-hetero) is 1. The van der Waals surface area contributed by atoms with Crippen LogP contribution >= 0.6 is 0 Å². The Bertz CT molecular complexity index is 1350. The molecule has 2 aliphatic rings. The van der Waals surface area contributed by atoms with Crippen LogP contribution in [0.3, 0.4) is 0 Å². The van der Waals surface area contributed by atoms with Crippen LogP contribution in [-0.2, 0) is 12.6 Å². The molecule has 1 aromatic heterocycles. The summed E-state index contributed by atoms with van der Waals surface area (Å²) in [7, 11) is 0. The smallest absolute Gasteiger partial charge is 0.380 e. The molecular formula is C29H32F3N5O2. The van der Waals surface area contributed by atoms with Crippen molar-refractivity contribution >= 4 is 17.4 Å². The quantitative estimate of drug-likeness (QED) is 0.508. The molecule has 206 valence electrons. The first-order valence-corrected chi connectivity index (χ1v) is 12.9. The summed E-state index contributed by atoms with van der Waals surface area (Å²) in [5.74, 6) is 4.02. The van der Waals surface area contributed by atoms with Gasteiger partial charge in [-0.2, -0.15) is 18.3 Å². The van der Waals surface area contributed by atoms with Crippen LogP contribution in [-0.4, -0.2) is 51.5 Å². The van der Waals surface area contributed by atoms with Crippen molar-refractivity contribution in [3.05, 3.63) is 40.7 Å². The van der Waals surface area contributed by atoms with Crippen LogP contribution in [0, 0.1) is 30.1 Å². The summed E-state index contributed by atoms with van der Waals surface area (Å²) in [6.07, 6.45) is 10.1. The number of nitrogens with two attached hydrogens (primary N) is 1. The number of fused-ring (bicyclic) bond motifs is 1. The van der Waals surface area contributed by atoms with Crippen molar-refractivity contribution in [2.24, 2.45) is 11.1 Å². The van der Waals surface area contributed by atoms with Gasteiger partial charge in [0.25, 0.3) is 5.91 Å². The van der Waals surface area contributed by atoms with E-state index in [0.29, 0.717) is 18.8 Å². The lowest BCUT2D eigenvalue weighted by atomic mass is 9.75. The number of alkyl halides is 3. The van der Waals surface area contributed by atoms with Crippen molar-refractivity contribution in [3.63, 3.8) is 0 Å². The van der Waals surface area contributed by atoms with E-state index in [1.807, 2.05) is 18.7 Å². The number of primary amides is 1. The summed E-state index contributed by atoms with van der Waals surface area (Å²) >= 11 is 0. The number of nitrogens with zero attached hydrogens (tertiary/aromatic N) is 3. The Hall–Kier alpha value is -3.76. The summed E-state index contributed by atoms with van der Waals surface area (Å²) < 4.78 is 43.0. The molecule has 2 unspecified atom stereocenters. The van der Waals surface area contributed by atoms with Gasteiger partial charge in [0.05, 0.1) is 35.6 Å². The predicted octanol–water partition coefficient (Wildman–Crippen LogP) is 4.44. The lowest BCUT2D eigenvalue weighted by Crippen LogP contribution is -2.49. The number of rotatable bonds is 7. The summed E-state index contributed by atoms with van der Waals surface area (Å²) in [6.45, 7) is 4.39. The highest BCUT2D eigenvalue weighted by atomic mass is 19.4. The fourth-order valence-electron chi connectivity index (χ4n) is 5.80. The molecule has 1 amide bonds. The number of hydrogen-bond donors (Lipinski definition) is 2. The van der Waals surface area contributed by atoms with Crippen LogP contribution in [0.15, 0.2) is 18.2 Å². The highest BCUT2D eigenvalue weighted by Crippen LogP contribution is 2.42. The highest BCUT2D eigenvalue weighted by molar-refractivity contribution is 6.00. The fourth-order valence-corrected chi connectivity index (χ4v) is 5.80. The standard InChI is InChI=1S/C29H32F3N5O2/c1-5-13-36(14-6-2)22-10-8-7-9-20(22)34-21-15-18(11-12-19(21)27(33)39)37-23-16-28(3,4)17-24(38)25(23)26(35-37)29(30,31)32/h1-2,11-12,15,20,22,34H,7-10,13-14,16-17H2,3-4H3,(H2,33,39). The second kappa shape index (κ2) is 10.8. The predicted molar refractivity (Wildman–Crippen MR) is 142 cm³/mol. The average molecular weight is 540 g/mol. The molecule has 39 heavy (non-hydrogen) atoms. The molecule has 0 saturated heterocycles. The summed E-state index contributed by atoms with van der Waals surface area (Å²) in [4.78, 5) is 27.2. The van der Waals surface area contributed by atoms with Crippen LogP contribution in [0.4, 0.5) is 18.9 Å². The van der Waals surface area contributed by atoms with Crippen molar-refractivity contribution in [1.29, 1.82) is 0 Å². The Morgan fingerprint density at radius 1 is 1.21 bits per heavy atom. The first-order chi connectivity index (χ1) is 18.4. The minimum atomic E-state index is -4.80. The second-order valence-corrected chi connectivity index (χ2v) is 11.0. The molecule has 3 N–H and O–H groups in total. The maximum Gasteiger partial charge on any atom is 0.435 e. The molecule has 1 heterocycles. The monoisotopic (exact) mass is 539 g/mol. The third kappa shape index (κ3) is 5.81. The van der Waals surface area contributed by atoms with E-state index in [-0.39, 0.29) is 47.4 Å². The van der Waals surface area contributed by atoms with Gasteiger partial charge in [0, 0.05) is 24.2 Å². The fraction of sp³-hybridized carbons (Fsp3) is 0.483. The van der Waals surface area contributed by atoms with E-state index in [0.717, 1.165) is 25.7 Å². The van der Waals surface area contributed by atoms with Crippen LogP contribution < -0.4 is 11.1 Å². The Labute approximate surface area is 226 Å². The van der Waals surface area contributed by atoms with Gasteiger partial charge in [-0.15, -0.1) is 12.8 Å². The molecule has 0 radical (unpaired) electrons. The first kappa shape index (κ1) is 28.3. The molecule has 4 rings (SSSR count). The molecule has 0 bridgehead atoms. The Kier molecular flexibility index (Phi) is 7.81. The van der Waals surface area contributed by atoms with E-state index in [9.17, 15) is 22.8 Å². The molecule has 1 saturated carbocycles. The SMILES string of the molecule is C#CCN(CC#C)C1CCCCC1Nc1cc(-n2nc(C(F)(F)F)c3c2CC(C)(C)CC3=O)ccc1C(N)=O. The lowest BCUT2D eigenvalue weighted by Gasteiger charge is -2.39. The number of nitrogens with one attached hydrogen (secondary N) is 1. The molecular weight excluding hydrogens is 507 g/mol. The molecule has 0 spiro atoms. The van der Waals surface area contributed by atoms with E-state index in [2.05, 4.69) is 22.3 Å². The zero-order valence-corrected chi connectivity index (χ0v) is 22.1. The number of ketones is 1. The van der Waals surface area contributed by atoms with Crippen molar-refractivity contribution in [1.82, 2.24) is 14.7 Å². The minimum absolute atomic E-state index is 0.00290. The van der Waals surface area contributed by atoms with Gasteiger partial charge in [-0.3, -0.25) is 14.5 Å². The van der Waals surface area contributed by atoms with Gasteiger partial charge in [0.2, 0.25) is 0 Å². The number of benzene rings is 1. The van der Waals surface area contributed by atoms with Gasteiger partial charge < -0.3 is 11.1 Å². The Morgan fingerprint density at radius 3 is 2.49 bits per heavy atom. The normalized spacial score (nSPS) is 20.7. The van der Waals surface area contributed by atoms with Crippen molar-refractivity contribution in [3.8, 4) is 30.4 Å². The van der Waals surface area contributed by atoms with Crippen LogP contribution in [0.1, 0.15) is 78.1 Å². The lowest BCUT2D eigenvalue weighted by molar-refractivity contribution is -0.141. The zero-order valence-electron chi connectivity index (χ0n) is 22.1. The van der Waals surface area contributed by atoms with E-state index in [4.69, 9.17) is 18.6 Å². The van der Waals surface area contributed by atoms with Crippen molar-refractivity contribution < 1.29 is 22.8 Å². The minimum Gasteiger partial charge on any atom is -0.380 e. The largest absolute Gasteiger partial charge is 0.435 e. The number of carbonyl (C=O) groups excluding carboxylic acids is 2. The van der Waals surface area contributed by atoms with Crippen molar-refractivity contribution in [2.45, 2.75) is 70.6 Å². The third-order valence-electron chi connectivity index (χ3n) is 7.45. The molecule has 2 atom stereocenters. The molecule has 2 aliphatic carbocycles. The first-order valence-electron chi connectivity index (χ1n) is 12.9. The Morgan fingerprint density at radius 2 is 1.87 bits per heavy atom. The summed E-state index contributed by atoms with van der Waals surface area (Å²) in [5.41, 5.74) is 4.60. The molecule has 0 aliphatic heterocycles. The van der Waals surface area contributed by atoms with Gasteiger partial charge in [-0.25, -0.2) is 4.68 Å². The second-order valence-electron chi connectivity index (χ2n) is 11.0. The number of amides is 1. The number of terminal acetylenes is 2. The van der Waals surface area contributed by atoms with E-state index in [1.165, 1.54) is 16.8 Å². The van der Waals surface area contributed by atoms with Gasteiger partial charge in [0.1, 0.15) is 0 Å². The molecule has 1 aromatic carbocycles. The number of carbonyl (C=O) groups is 2. The Balaban J connectivity index is 1.80. The molecule has 10 heteroatoms. The zero-order chi connectivity index (χ0) is 28.5. The van der Waals surface area contributed by atoms with Gasteiger partial charge >= 0.3 is 6.18 Å². The van der Waals surface area contributed by atoms with Gasteiger partial charge in [0.15, 0.2) is 11.5 Å². The number of hydrogen-bond acceptors (Lipinski definition) is 5. The molecule has 2 aromatic rings. The summed E-state index contributed by atoms with van der Waals surface area (Å²) in [6, 6.07) is 4.38. The van der Waals surface area contributed by atoms with Crippen molar-refractivity contribution in [2.75, 3.05) is 18.4 Å². The van der Waals surface area contributed by atoms with E-state index < -0.39 is 29.0 Å². The maximum atomic E-state index is 13.9. The average Bonchev–Trinajstić information content (AvgIpc) is 3.23. The van der Waals surface area contributed by atoms with Gasteiger partial charge in [-0.05, 0) is 42.9 Å². The summed E-state index contributed by atoms with van der Waals surface area (Å²) in [5, 5.41) is 7.30. The van der Waals surface area contributed by atoms with E-state index >= 15 is 0 Å². The third-order valence-corrected chi connectivity index (χ3v) is 7.45. The molecule has 7 nitrogen and oxygen atoms in total. The number of anilines is 1. The van der Waals surface area contributed by atoms with Crippen LogP contribution in [0.2, 0.25) is 0 Å². The topological polar surface area (TPSA) is 93.2 Å². The number of aromatic nitrogens is 2. The highest BCUT2D eigenvalue weighted by Gasteiger charge is 2.45. The van der Waals surface area contributed by atoms with Crippen LogP contribution in [0.25, 0.3) is 5.69 Å².